The minimum absolute atomic E-state index is 0.000786. The Bertz CT molecular complexity index is 570. The number of hydrogen-bond acceptors (Lipinski definition) is 5. The number of rotatable bonds is 27. The number of carboxylic acid groups (broad SMARTS) is 1. The van der Waals surface area contributed by atoms with Crippen molar-refractivity contribution in [2.24, 2.45) is 5.73 Å². The molecule has 0 bridgehead atoms. The number of ether oxygens (including phenoxy) is 1. The van der Waals surface area contributed by atoms with E-state index in [9.17, 15) is 19.5 Å². The summed E-state index contributed by atoms with van der Waals surface area (Å²) < 4.78 is 5.88. The van der Waals surface area contributed by atoms with Crippen LogP contribution in [0, 0.1) is 0 Å². The lowest BCUT2D eigenvalue weighted by atomic mass is 10.0. The van der Waals surface area contributed by atoms with E-state index in [2.05, 4.69) is 19.2 Å². The summed E-state index contributed by atoms with van der Waals surface area (Å²) in [6, 6.07) is -0.857. The summed E-state index contributed by atoms with van der Waals surface area (Å²) in [6.07, 6.45) is 21.6. The highest BCUT2D eigenvalue weighted by molar-refractivity contribution is 5.83. The van der Waals surface area contributed by atoms with Crippen LogP contribution in [0.4, 0.5) is 0 Å². The predicted molar refractivity (Wildman–Crippen MR) is 151 cm³/mol. The number of carbonyl (C=O) groups is 3. The molecule has 2 atom stereocenters. The molecule has 0 aliphatic heterocycles. The van der Waals surface area contributed by atoms with Crippen molar-refractivity contribution in [2.75, 3.05) is 6.54 Å². The van der Waals surface area contributed by atoms with Crippen LogP contribution < -0.4 is 11.1 Å². The average Bonchev–Trinajstić information content (AvgIpc) is 2.87. The van der Waals surface area contributed by atoms with Crippen LogP contribution in [-0.4, -0.2) is 41.6 Å². The van der Waals surface area contributed by atoms with Gasteiger partial charge >= 0.3 is 11.9 Å². The van der Waals surface area contributed by atoms with Crippen molar-refractivity contribution < 1.29 is 24.2 Å². The fraction of sp³-hybridized carbons (Fsp3) is 0.900. The number of amides is 1. The molecule has 0 aromatic rings. The Hall–Kier alpha value is -1.63. The van der Waals surface area contributed by atoms with Crippen molar-refractivity contribution >= 4 is 17.8 Å². The van der Waals surface area contributed by atoms with Crippen LogP contribution in [-0.2, 0) is 19.1 Å². The Labute approximate surface area is 227 Å². The summed E-state index contributed by atoms with van der Waals surface area (Å²) in [7, 11) is 0. The predicted octanol–water partition coefficient (Wildman–Crippen LogP) is 7.05. The molecule has 0 saturated heterocycles. The third-order valence-electron chi connectivity index (χ3n) is 6.92. The van der Waals surface area contributed by atoms with Crippen molar-refractivity contribution in [2.45, 2.75) is 167 Å². The molecule has 2 unspecified atom stereocenters. The first-order valence-corrected chi connectivity index (χ1v) is 15.4. The first-order chi connectivity index (χ1) is 17.9. The molecular weight excluding hydrogens is 468 g/mol. The molecule has 0 fully saturated rings. The van der Waals surface area contributed by atoms with Crippen molar-refractivity contribution in [3.63, 3.8) is 0 Å². The van der Waals surface area contributed by atoms with Gasteiger partial charge < -0.3 is 20.9 Å². The fourth-order valence-electron chi connectivity index (χ4n) is 4.57. The molecule has 0 aliphatic carbocycles. The van der Waals surface area contributed by atoms with E-state index in [1.807, 2.05) is 0 Å². The van der Waals surface area contributed by atoms with Crippen LogP contribution in [0.15, 0.2) is 0 Å². The second-order valence-electron chi connectivity index (χ2n) is 10.5. The summed E-state index contributed by atoms with van der Waals surface area (Å²) >= 11 is 0. The lowest BCUT2D eigenvalue weighted by Crippen LogP contribution is -2.40. The summed E-state index contributed by atoms with van der Waals surface area (Å²) in [6.45, 7) is 4.85. The van der Waals surface area contributed by atoms with E-state index in [1.54, 1.807) is 0 Å². The smallest absolute Gasteiger partial charge is 0.326 e. The zero-order chi connectivity index (χ0) is 27.6. The Kier molecular flexibility index (Phi) is 24.9. The van der Waals surface area contributed by atoms with E-state index < -0.39 is 12.0 Å². The highest BCUT2D eigenvalue weighted by atomic mass is 16.5. The third kappa shape index (κ3) is 23.2. The van der Waals surface area contributed by atoms with Gasteiger partial charge in [-0.1, -0.05) is 90.9 Å². The molecule has 37 heavy (non-hydrogen) atoms. The minimum Gasteiger partial charge on any atom is -0.480 e. The second kappa shape index (κ2) is 26.0. The lowest BCUT2D eigenvalue weighted by molar-refractivity contribution is -0.150. The van der Waals surface area contributed by atoms with Gasteiger partial charge in [-0.2, -0.15) is 0 Å². The van der Waals surface area contributed by atoms with Crippen LogP contribution in [0.3, 0.4) is 0 Å². The third-order valence-corrected chi connectivity index (χ3v) is 6.92. The molecule has 1 amide bonds. The zero-order valence-corrected chi connectivity index (χ0v) is 24.1. The fourth-order valence-corrected chi connectivity index (χ4v) is 4.57. The number of carbonyl (C=O) groups excluding carboxylic acids is 2. The molecule has 4 N–H and O–H groups in total. The summed E-state index contributed by atoms with van der Waals surface area (Å²) in [5.74, 6) is -1.27. The SMILES string of the molecule is CCCCCCCCCC(=O)OC(CCCCCCC)CCCCCCC(=O)NC(CCCN)C(=O)O. The van der Waals surface area contributed by atoms with Crippen molar-refractivity contribution in [3.8, 4) is 0 Å². The molecule has 7 nitrogen and oxygen atoms in total. The summed E-state index contributed by atoms with van der Waals surface area (Å²) in [5, 5.41) is 11.8. The monoisotopic (exact) mass is 526 g/mol. The van der Waals surface area contributed by atoms with Crippen LogP contribution in [0.25, 0.3) is 0 Å². The largest absolute Gasteiger partial charge is 0.480 e. The molecule has 0 rings (SSSR count). The van der Waals surface area contributed by atoms with Gasteiger partial charge in [-0.3, -0.25) is 9.59 Å². The van der Waals surface area contributed by atoms with Crippen molar-refractivity contribution in [1.29, 1.82) is 0 Å². The highest BCUT2D eigenvalue weighted by Gasteiger charge is 2.19. The number of carboxylic acids is 1. The lowest BCUT2D eigenvalue weighted by Gasteiger charge is -2.18. The van der Waals surface area contributed by atoms with E-state index in [0.29, 0.717) is 32.2 Å². The van der Waals surface area contributed by atoms with Crippen LogP contribution in [0.5, 0.6) is 0 Å². The van der Waals surface area contributed by atoms with Crippen LogP contribution in [0.1, 0.15) is 155 Å². The van der Waals surface area contributed by atoms with Gasteiger partial charge in [0.15, 0.2) is 0 Å². The number of aliphatic carboxylic acids is 1. The van der Waals surface area contributed by atoms with Gasteiger partial charge in [0.25, 0.3) is 0 Å². The van der Waals surface area contributed by atoms with Crippen LogP contribution in [0.2, 0.25) is 0 Å². The number of esters is 1. The van der Waals surface area contributed by atoms with Gasteiger partial charge in [0.2, 0.25) is 5.91 Å². The Balaban J connectivity index is 4.22. The number of unbranched alkanes of at least 4 members (excludes halogenated alkanes) is 13. The quantitative estimate of drug-likeness (QED) is 0.0779. The summed E-state index contributed by atoms with van der Waals surface area (Å²) in [4.78, 5) is 35.8. The molecular formula is C30H58N2O5. The Morgan fingerprint density at radius 2 is 1.16 bits per heavy atom. The van der Waals surface area contributed by atoms with Crippen molar-refractivity contribution in [1.82, 2.24) is 5.32 Å². The molecule has 218 valence electrons. The number of hydrogen-bond donors (Lipinski definition) is 3. The average molecular weight is 527 g/mol. The molecule has 0 heterocycles. The van der Waals surface area contributed by atoms with Crippen molar-refractivity contribution in [3.05, 3.63) is 0 Å². The molecule has 0 aliphatic rings. The van der Waals surface area contributed by atoms with Gasteiger partial charge in [0, 0.05) is 12.8 Å². The summed E-state index contributed by atoms with van der Waals surface area (Å²) in [5.41, 5.74) is 5.44. The van der Waals surface area contributed by atoms with E-state index in [1.165, 1.54) is 57.8 Å². The standard InChI is InChI=1S/C30H58N2O5/c1-3-5-7-9-10-12-18-24-29(34)37-26(20-15-11-8-6-4-2)21-16-13-14-17-23-28(33)32-27(30(35)36)22-19-25-31/h26-27H,3-25,31H2,1-2H3,(H,32,33)(H,35,36). The highest BCUT2D eigenvalue weighted by Crippen LogP contribution is 2.18. The number of nitrogens with one attached hydrogen (secondary N) is 1. The maximum atomic E-state index is 12.4. The molecule has 0 aromatic carbocycles. The maximum Gasteiger partial charge on any atom is 0.326 e. The van der Waals surface area contributed by atoms with Gasteiger partial charge in [-0.15, -0.1) is 0 Å². The van der Waals surface area contributed by atoms with Gasteiger partial charge in [0.05, 0.1) is 0 Å². The van der Waals surface area contributed by atoms with E-state index in [-0.39, 0.29) is 18.0 Å². The van der Waals surface area contributed by atoms with Crippen LogP contribution >= 0.6 is 0 Å². The molecule has 0 saturated carbocycles. The van der Waals surface area contributed by atoms with E-state index in [4.69, 9.17) is 10.5 Å². The van der Waals surface area contributed by atoms with Gasteiger partial charge in [-0.25, -0.2) is 4.79 Å². The molecule has 7 heteroatoms. The molecule has 0 radical (unpaired) electrons. The first kappa shape index (κ1) is 35.4. The van der Waals surface area contributed by atoms with Gasteiger partial charge in [-0.05, 0) is 57.9 Å². The maximum absolute atomic E-state index is 12.4. The Morgan fingerprint density at radius 3 is 1.68 bits per heavy atom. The topological polar surface area (TPSA) is 119 Å². The van der Waals surface area contributed by atoms with E-state index >= 15 is 0 Å². The normalized spacial score (nSPS) is 12.7. The van der Waals surface area contributed by atoms with E-state index in [0.717, 1.165) is 57.8 Å². The number of nitrogens with two attached hydrogens (primary N) is 1. The first-order valence-electron chi connectivity index (χ1n) is 15.4. The zero-order valence-electron chi connectivity index (χ0n) is 24.1. The Morgan fingerprint density at radius 1 is 0.676 bits per heavy atom. The molecule has 0 spiro atoms. The minimum atomic E-state index is -1.01. The second-order valence-corrected chi connectivity index (χ2v) is 10.5. The van der Waals surface area contributed by atoms with Gasteiger partial charge in [0.1, 0.15) is 12.1 Å². The molecule has 0 aromatic heterocycles.